The van der Waals surface area contributed by atoms with Gasteiger partial charge in [-0.1, -0.05) is 12.1 Å². The number of aryl methyl sites for hydroxylation is 1. The molecule has 9 heteroatoms. The molecule has 1 N–H and O–H groups in total. The molecule has 0 aliphatic carbocycles. The van der Waals surface area contributed by atoms with Gasteiger partial charge in [-0.05, 0) is 19.8 Å². The number of carbonyl (C=O) groups excluding carboxylic acids is 1. The van der Waals surface area contributed by atoms with Crippen molar-refractivity contribution in [3.8, 4) is 0 Å². The van der Waals surface area contributed by atoms with Gasteiger partial charge in [-0.25, -0.2) is 0 Å². The number of rotatable bonds is 5. The van der Waals surface area contributed by atoms with Crippen LogP contribution in [0.4, 0.5) is 0 Å². The first kappa shape index (κ1) is 20.7. The van der Waals surface area contributed by atoms with E-state index in [1.807, 2.05) is 6.92 Å². The highest BCUT2D eigenvalue weighted by Gasteiger charge is 2.36. The minimum absolute atomic E-state index is 0. The molecular formula is C15H26IN5O3. The summed E-state index contributed by atoms with van der Waals surface area (Å²) < 4.78 is 9.97. The highest BCUT2D eigenvalue weighted by molar-refractivity contribution is 14.0. The van der Waals surface area contributed by atoms with E-state index in [2.05, 4.69) is 32.3 Å². The number of guanidine groups is 1. The van der Waals surface area contributed by atoms with Gasteiger partial charge in [0.1, 0.15) is 0 Å². The number of aliphatic imine (C=N–C) groups is 1. The number of nitrogens with one attached hydrogen (secondary N) is 1. The normalized spacial score (nSPS) is 20.7. The summed E-state index contributed by atoms with van der Waals surface area (Å²) in [4.78, 5) is 22.7. The predicted octanol–water partition coefficient (Wildman–Crippen LogP) is 1.24. The Morgan fingerprint density at radius 2 is 2.25 bits per heavy atom. The van der Waals surface area contributed by atoms with E-state index in [0.717, 1.165) is 19.0 Å². The number of ether oxygens (including phenoxy) is 1. The molecule has 2 heterocycles. The molecule has 0 spiro atoms. The maximum absolute atomic E-state index is 11.8. The quantitative estimate of drug-likeness (QED) is 0.312. The van der Waals surface area contributed by atoms with Crippen LogP contribution in [0.5, 0.6) is 0 Å². The first-order chi connectivity index (χ1) is 11.0. The van der Waals surface area contributed by atoms with Gasteiger partial charge in [0.2, 0.25) is 5.89 Å². The van der Waals surface area contributed by atoms with Crippen LogP contribution < -0.4 is 5.32 Å². The summed E-state index contributed by atoms with van der Waals surface area (Å²) in [5.74, 6) is 2.00. The van der Waals surface area contributed by atoms with Crippen molar-refractivity contribution in [2.45, 2.75) is 27.2 Å². The zero-order chi connectivity index (χ0) is 16.8. The largest absolute Gasteiger partial charge is 0.469 e. The van der Waals surface area contributed by atoms with E-state index in [1.165, 1.54) is 7.11 Å². The topological polar surface area (TPSA) is 92.9 Å². The first-order valence-corrected chi connectivity index (χ1v) is 7.95. The van der Waals surface area contributed by atoms with Gasteiger partial charge in [-0.15, -0.1) is 24.0 Å². The number of likely N-dealkylation sites (tertiary alicyclic amines) is 1. The van der Waals surface area contributed by atoms with Crippen molar-refractivity contribution < 1.29 is 14.1 Å². The minimum atomic E-state index is -0.155. The number of aromatic nitrogens is 2. The Morgan fingerprint density at radius 3 is 2.83 bits per heavy atom. The van der Waals surface area contributed by atoms with Crippen LogP contribution in [-0.4, -0.2) is 60.3 Å². The van der Waals surface area contributed by atoms with E-state index in [-0.39, 0.29) is 41.8 Å². The van der Waals surface area contributed by atoms with Crippen molar-refractivity contribution in [3.05, 3.63) is 11.7 Å². The standard InChI is InChI=1S/C15H25N5O3.HI/c1-5-16-15(17-7-6-13-18-11(3)19-23-13)20-8-10(2)12(9-20)14(21)22-4;/h10,12H,5-9H2,1-4H3,(H,16,17);1H. The van der Waals surface area contributed by atoms with E-state index in [9.17, 15) is 4.79 Å². The van der Waals surface area contributed by atoms with E-state index in [4.69, 9.17) is 9.26 Å². The maximum atomic E-state index is 11.8. The smallest absolute Gasteiger partial charge is 0.310 e. The molecule has 0 aromatic carbocycles. The molecule has 1 aromatic heterocycles. The number of nitrogens with zero attached hydrogens (tertiary/aromatic N) is 4. The fraction of sp³-hybridized carbons (Fsp3) is 0.733. The summed E-state index contributed by atoms with van der Waals surface area (Å²) in [5.41, 5.74) is 0. The van der Waals surface area contributed by atoms with Crippen molar-refractivity contribution in [3.63, 3.8) is 0 Å². The molecule has 2 atom stereocenters. The second-order valence-electron chi connectivity index (χ2n) is 5.73. The molecule has 1 aliphatic heterocycles. The van der Waals surface area contributed by atoms with Crippen LogP contribution in [0, 0.1) is 18.8 Å². The molecule has 0 amide bonds. The zero-order valence-corrected chi connectivity index (χ0v) is 16.9. The van der Waals surface area contributed by atoms with Crippen LogP contribution in [0.15, 0.2) is 9.52 Å². The van der Waals surface area contributed by atoms with Crippen molar-refractivity contribution >= 4 is 35.9 Å². The summed E-state index contributed by atoms with van der Waals surface area (Å²) in [7, 11) is 1.43. The van der Waals surface area contributed by atoms with Crippen molar-refractivity contribution in [1.82, 2.24) is 20.4 Å². The number of halogens is 1. The SMILES string of the molecule is CCNC(=NCCc1nc(C)no1)N1CC(C)C(C(=O)OC)C1.I. The number of carbonyl (C=O) groups is 1. The molecule has 0 bridgehead atoms. The van der Waals surface area contributed by atoms with Crippen LogP contribution in [0.2, 0.25) is 0 Å². The van der Waals surface area contributed by atoms with Crippen LogP contribution in [-0.2, 0) is 16.0 Å². The van der Waals surface area contributed by atoms with Crippen LogP contribution in [0.25, 0.3) is 0 Å². The zero-order valence-electron chi connectivity index (χ0n) is 14.6. The number of hydrogen-bond acceptors (Lipinski definition) is 6. The lowest BCUT2D eigenvalue weighted by atomic mass is 9.99. The molecule has 1 aliphatic rings. The Bertz CT molecular complexity index is 563. The molecule has 8 nitrogen and oxygen atoms in total. The first-order valence-electron chi connectivity index (χ1n) is 7.95. The van der Waals surface area contributed by atoms with Crippen LogP contribution in [0.3, 0.4) is 0 Å². The molecule has 0 saturated carbocycles. The summed E-state index contributed by atoms with van der Waals surface area (Å²) in [6.45, 7) is 8.61. The monoisotopic (exact) mass is 451 g/mol. The van der Waals surface area contributed by atoms with Crippen LogP contribution >= 0.6 is 24.0 Å². The molecule has 2 rings (SSSR count). The summed E-state index contributed by atoms with van der Waals surface area (Å²) in [5, 5.41) is 7.04. The van der Waals surface area contributed by atoms with Gasteiger partial charge in [0.15, 0.2) is 11.8 Å². The second kappa shape index (κ2) is 9.80. The van der Waals surface area contributed by atoms with Crippen LogP contribution in [0.1, 0.15) is 25.6 Å². The highest BCUT2D eigenvalue weighted by atomic mass is 127. The Kier molecular flexibility index (Phi) is 8.43. The Hall–Kier alpha value is -1.39. The van der Waals surface area contributed by atoms with Crippen molar-refractivity contribution in [2.24, 2.45) is 16.8 Å². The highest BCUT2D eigenvalue weighted by Crippen LogP contribution is 2.24. The average Bonchev–Trinajstić information content (AvgIpc) is 3.11. The summed E-state index contributed by atoms with van der Waals surface area (Å²) in [6.07, 6.45) is 0.597. The van der Waals surface area contributed by atoms with E-state index in [1.54, 1.807) is 6.92 Å². The van der Waals surface area contributed by atoms with E-state index in [0.29, 0.717) is 31.2 Å². The third kappa shape index (κ3) is 5.32. The molecule has 1 saturated heterocycles. The Labute approximate surface area is 159 Å². The van der Waals surface area contributed by atoms with Gasteiger partial charge in [0.25, 0.3) is 0 Å². The average molecular weight is 451 g/mol. The van der Waals surface area contributed by atoms with E-state index >= 15 is 0 Å². The number of hydrogen-bond donors (Lipinski definition) is 1. The Morgan fingerprint density at radius 1 is 1.50 bits per heavy atom. The fourth-order valence-corrected chi connectivity index (χ4v) is 2.72. The molecule has 1 aromatic rings. The molecule has 24 heavy (non-hydrogen) atoms. The number of esters is 1. The summed E-state index contributed by atoms with van der Waals surface area (Å²) >= 11 is 0. The third-order valence-corrected chi connectivity index (χ3v) is 3.91. The lowest BCUT2D eigenvalue weighted by Crippen LogP contribution is -2.40. The lowest BCUT2D eigenvalue weighted by molar-refractivity contribution is -0.145. The predicted molar refractivity (Wildman–Crippen MR) is 100 cm³/mol. The minimum Gasteiger partial charge on any atom is -0.469 e. The second-order valence-corrected chi connectivity index (χ2v) is 5.73. The molecule has 0 radical (unpaired) electrons. The summed E-state index contributed by atoms with van der Waals surface area (Å²) in [6, 6.07) is 0. The fourth-order valence-electron chi connectivity index (χ4n) is 2.72. The molecule has 2 unspecified atom stereocenters. The van der Waals surface area contributed by atoms with Gasteiger partial charge in [-0.2, -0.15) is 4.98 Å². The van der Waals surface area contributed by atoms with Gasteiger partial charge in [0.05, 0.1) is 19.6 Å². The van der Waals surface area contributed by atoms with E-state index < -0.39 is 0 Å². The molecule has 1 fully saturated rings. The Balaban J connectivity index is 0.00000288. The lowest BCUT2D eigenvalue weighted by Gasteiger charge is -2.21. The molecule has 136 valence electrons. The third-order valence-electron chi connectivity index (χ3n) is 3.91. The maximum Gasteiger partial charge on any atom is 0.310 e. The number of methoxy groups -OCH3 is 1. The van der Waals surface area contributed by atoms with Gasteiger partial charge in [0, 0.05) is 26.1 Å². The van der Waals surface area contributed by atoms with Crippen molar-refractivity contribution in [1.29, 1.82) is 0 Å². The molecular weight excluding hydrogens is 425 g/mol. The van der Waals surface area contributed by atoms with Crippen molar-refractivity contribution in [2.75, 3.05) is 33.3 Å². The van der Waals surface area contributed by atoms with Gasteiger partial charge >= 0.3 is 5.97 Å². The van der Waals surface area contributed by atoms with Gasteiger partial charge < -0.3 is 19.5 Å². The van der Waals surface area contributed by atoms with Gasteiger partial charge in [-0.3, -0.25) is 9.79 Å².